The Balaban J connectivity index is 0.00000264. The molecule has 0 aromatic rings. The van der Waals surface area contributed by atoms with Gasteiger partial charge in [0.1, 0.15) is 0 Å². The fourth-order valence-electron chi connectivity index (χ4n) is 3.27. The van der Waals surface area contributed by atoms with Crippen LogP contribution in [0.3, 0.4) is 0 Å². The van der Waals surface area contributed by atoms with Crippen LogP contribution in [0.2, 0.25) is 0 Å². The van der Waals surface area contributed by atoms with Crippen LogP contribution >= 0.6 is 35.7 Å². The highest BCUT2D eigenvalue weighted by molar-refractivity contribution is 14.0. The number of rotatable bonds is 6. The molecule has 136 valence electrons. The molecule has 4 nitrogen and oxygen atoms in total. The number of hydrogen-bond donors (Lipinski definition) is 1. The third-order valence-electron chi connectivity index (χ3n) is 4.73. The third-order valence-corrected chi connectivity index (χ3v) is 6.27. The Morgan fingerprint density at radius 1 is 1.22 bits per heavy atom. The summed E-state index contributed by atoms with van der Waals surface area (Å²) in [7, 11) is 1.92. The molecule has 0 aliphatic carbocycles. The van der Waals surface area contributed by atoms with E-state index < -0.39 is 0 Å². The van der Waals surface area contributed by atoms with Crippen molar-refractivity contribution in [2.24, 2.45) is 10.9 Å². The summed E-state index contributed by atoms with van der Waals surface area (Å²) in [4.78, 5) is 9.54. The van der Waals surface area contributed by atoms with Crippen molar-refractivity contribution in [1.82, 2.24) is 15.1 Å². The number of unbranched alkanes of at least 4 members (excludes halogenated alkanes) is 1. The van der Waals surface area contributed by atoms with Crippen LogP contribution in [0.4, 0.5) is 0 Å². The lowest BCUT2D eigenvalue weighted by Crippen LogP contribution is -2.49. The average Bonchev–Trinajstić information content (AvgIpc) is 3.04. The van der Waals surface area contributed by atoms with Crippen molar-refractivity contribution in [2.75, 3.05) is 52.1 Å². The first-order valence-corrected chi connectivity index (χ1v) is 10.0. The Morgan fingerprint density at radius 3 is 2.61 bits per heavy atom. The van der Waals surface area contributed by atoms with Crippen molar-refractivity contribution in [1.29, 1.82) is 0 Å². The van der Waals surface area contributed by atoms with Crippen molar-refractivity contribution >= 4 is 41.7 Å². The van der Waals surface area contributed by atoms with E-state index in [0.717, 1.165) is 36.8 Å². The van der Waals surface area contributed by atoms with E-state index in [4.69, 9.17) is 0 Å². The number of nitrogens with one attached hydrogen (secondary N) is 1. The Morgan fingerprint density at radius 2 is 1.96 bits per heavy atom. The summed E-state index contributed by atoms with van der Waals surface area (Å²) in [5.74, 6) is 3.07. The van der Waals surface area contributed by atoms with Gasteiger partial charge in [-0.3, -0.25) is 4.99 Å². The summed E-state index contributed by atoms with van der Waals surface area (Å²) in [6, 6.07) is 0. The standard InChI is InChI=1S/C17H34N4S.HI/c1-15(2)16-14-21(12-13-22-16)17(18-3)19-8-4-5-9-20-10-6-7-11-20;/h15-16H,4-14H2,1-3H3,(H,18,19);1H. The highest BCUT2D eigenvalue weighted by atomic mass is 127. The summed E-state index contributed by atoms with van der Waals surface area (Å²) in [5, 5.41) is 4.31. The molecule has 0 saturated carbocycles. The highest BCUT2D eigenvalue weighted by Gasteiger charge is 2.24. The predicted octanol–water partition coefficient (Wildman–Crippen LogP) is 3.13. The van der Waals surface area contributed by atoms with Crippen molar-refractivity contribution < 1.29 is 0 Å². The Bertz CT molecular complexity index is 345. The van der Waals surface area contributed by atoms with Gasteiger partial charge in [0.25, 0.3) is 0 Å². The zero-order valence-corrected chi connectivity index (χ0v) is 18.2. The Hall–Kier alpha value is 0.310. The van der Waals surface area contributed by atoms with Gasteiger partial charge in [-0.15, -0.1) is 24.0 Å². The average molecular weight is 454 g/mol. The van der Waals surface area contributed by atoms with E-state index in [9.17, 15) is 0 Å². The molecule has 0 aromatic carbocycles. The SMILES string of the molecule is CN=C(NCCCCN1CCCC1)N1CCSC(C(C)C)C1.I. The fourth-order valence-corrected chi connectivity index (χ4v) is 4.57. The number of nitrogens with zero attached hydrogens (tertiary/aromatic N) is 3. The van der Waals surface area contributed by atoms with Gasteiger partial charge < -0.3 is 15.1 Å². The van der Waals surface area contributed by atoms with Gasteiger partial charge in [-0.05, 0) is 51.2 Å². The summed E-state index contributed by atoms with van der Waals surface area (Å²) in [6.07, 6.45) is 5.34. The van der Waals surface area contributed by atoms with Crippen molar-refractivity contribution in [3.8, 4) is 0 Å². The third kappa shape index (κ3) is 7.38. The maximum Gasteiger partial charge on any atom is 0.193 e. The van der Waals surface area contributed by atoms with E-state index in [2.05, 4.69) is 45.7 Å². The van der Waals surface area contributed by atoms with Crippen LogP contribution < -0.4 is 5.32 Å². The van der Waals surface area contributed by atoms with E-state index in [1.807, 2.05) is 7.05 Å². The van der Waals surface area contributed by atoms with E-state index >= 15 is 0 Å². The zero-order valence-electron chi connectivity index (χ0n) is 15.1. The van der Waals surface area contributed by atoms with Crippen LogP contribution in [-0.2, 0) is 0 Å². The monoisotopic (exact) mass is 454 g/mol. The number of halogens is 1. The highest BCUT2D eigenvalue weighted by Crippen LogP contribution is 2.24. The molecule has 2 saturated heterocycles. The Labute approximate surface area is 164 Å². The van der Waals surface area contributed by atoms with Gasteiger partial charge in [0.15, 0.2) is 5.96 Å². The van der Waals surface area contributed by atoms with E-state index in [-0.39, 0.29) is 24.0 Å². The molecule has 1 unspecified atom stereocenters. The van der Waals surface area contributed by atoms with E-state index in [0.29, 0.717) is 0 Å². The van der Waals surface area contributed by atoms with Gasteiger partial charge >= 0.3 is 0 Å². The number of aliphatic imine (C=N–C) groups is 1. The summed E-state index contributed by atoms with van der Waals surface area (Å²) < 4.78 is 0. The fraction of sp³-hybridized carbons (Fsp3) is 0.941. The molecule has 0 aromatic heterocycles. The predicted molar refractivity (Wildman–Crippen MR) is 114 cm³/mol. The molecular formula is C17H35IN4S. The second-order valence-corrected chi connectivity index (χ2v) is 8.18. The molecular weight excluding hydrogens is 419 g/mol. The van der Waals surface area contributed by atoms with Gasteiger partial charge in [-0.25, -0.2) is 0 Å². The molecule has 0 bridgehead atoms. The van der Waals surface area contributed by atoms with Gasteiger partial charge in [0, 0.05) is 37.7 Å². The van der Waals surface area contributed by atoms with Crippen molar-refractivity contribution in [2.45, 2.75) is 44.8 Å². The molecule has 0 radical (unpaired) electrons. The molecule has 2 heterocycles. The van der Waals surface area contributed by atoms with Crippen LogP contribution in [0, 0.1) is 5.92 Å². The molecule has 6 heteroatoms. The normalized spacial score (nSPS) is 23.2. The van der Waals surface area contributed by atoms with Gasteiger partial charge in [-0.1, -0.05) is 13.8 Å². The van der Waals surface area contributed by atoms with E-state index in [1.165, 1.54) is 51.1 Å². The number of guanidine groups is 1. The summed E-state index contributed by atoms with van der Waals surface area (Å²) in [5.41, 5.74) is 0. The lowest BCUT2D eigenvalue weighted by molar-refractivity contribution is 0.329. The second kappa shape index (κ2) is 11.8. The molecule has 2 rings (SSSR count). The molecule has 2 aliphatic heterocycles. The quantitative estimate of drug-likeness (QED) is 0.289. The molecule has 1 atom stereocenters. The minimum Gasteiger partial charge on any atom is -0.356 e. The van der Waals surface area contributed by atoms with Gasteiger partial charge in [0.2, 0.25) is 0 Å². The number of thioether (sulfide) groups is 1. The first-order valence-electron chi connectivity index (χ1n) is 9.00. The second-order valence-electron chi connectivity index (χ2n) is 6.83. The zero-order chi connectivity index (χ0) is 15.8. The molecule has 2 aliphatic rings. The minimum atomic E-state index is 0. The molecule has 2 fully saturated rings. The van der Waals surface area contributed by atoms with Crippen LogP contribution in [0.15, 0.2) is 4.99 Å². The smallest absolute Gasteiger partial charge is 0.193 e. The van der Waals surface area contributed by atoms with Crippen LogP contribution in [-0.4, -0.2) is 73.1 Å². The lowest BCUT2D eigenvalue weighted by atomic mass is 10.1. The maximum absolute atomic E-state index is 4.49. The van der Waals surface area contributed by atoms with Gasteiger partial charge in [0.05, 0.1) is 0 Å². The van der Waals surface area contributed by atoms with Crippen molar-refractivity contribution in [3.05, 3.63) is 0 Å². The number of likely N-dealkylation sites (tertiary alicyclic amines) is 1. The van der Waals surface area contributed by atoms with Crippen LogP contribution in [0.1, 0.15) is 39.5 Å². The molecule has 1 N–H and O–H groups in total. The first-order chi connectivity index (χ1) is 10.7. The topological polar surface area (TPSA) is 30.9 Å². The summed E-state index contributed by atoms with van der Waals surface area (Å²) >= 11 is 2.12. The van der Waals surface area contributed by atoms with Crippen LogP contribution in [0.25, 0.3) is 0 Å². The largest absolute Gasteiger partial charge is 0.356 e. The first kappa shape index (κ1) is 21.4. The Kier molecular flexibility index (Phi) is 10.9. The van der Waals surface area contributed by atoms with Crippen molar-refractivity contribution in [3.63, 3.8) is 0 Å². The molecule has 0 spiro atoms. The van der Waals surface area contributed by atoms with Crippen LogP contribution in [0.5, 0.6) is 0 Å². The molecule has 23 heavy (non-hydrogen) atoms. The van der Waals surface area contributed by atoms with E-state index in [1.54, 1.807) is 0 Å². The maximum atomic E-state index is 4.49. The summed E-state index contributed by atoms with van der Waals surface area (Å²) in [6.45, 7) is 11.9. The van der Waals surface area contributed by atoms with Gasteiger partial charge in [-0.2, -0.15) is 11.8 Å². The number of hydrogen-bond acceptors (Lipinski definition) is 3. The minimum absolute atomic E-state index is 0. The molecule has 0 amide bonds. The lowest BCUT2D eigenvalue weighted by Gasteiger charge is -2.36.